The Labute approximate surface area is 278 Å². The third kappa shape index (κ3) is 7.87. The molecule has 0 amide bonds. The molecule has 0 saturated heterocycles. The first-order valence-electron chi connectivity index (χ1n) is 19.4. The van der Waals surface area contributed by atoms with E-state index < -0.39 is 18.2 Å². The van der Waals surface area contributed by atoms with E-state index in [2.05, 4.69) is 45.3 Å². The largest absolute Gasteiger partial charge is 0.393 e. The molecule has 6 aliphatic rings. The van der Waals surface area contributed by atoms with Crippen molar-refractivity contribution in [2.24, 2.45) is 71.0 Å². The molecule has 0 aromatic carbocycles. The molecule has 4 saturated carbocycles. The lowest BCUT2D eigenvalue weighted by molar-refractivity contribution is -0.194. The highest BCUT2D eigenvalue weighted by atomic mass is 19.4. The van der Waals surface area contributed by atoms with Crippen LogP contribution in [0.2, 0.25) is 0 Å². The fourth-order valence-corrected chi connectivity index (χ4v) is 11.6. The summed E-state index contributed by atoms with van der Waals surface area (Å²) in [4.78, 5) is 0. The van der Waals surface area contributed by atoms with Crippen molar-refractivity contribution >= 4 is 0 Å². The van der Waals surface area contributed by atoms with Gasteiger partial charge in [-0.3, -0.25) is 0 Å². The van der Waals surface area contributed by atoms with Crippen LogP contribution in [0.1, 0.15) is 124 Å². The maximum absolute atomic E-state index is 14.2. The van der Waals surface area contributed by atoms with Gasteiger partial charge in [0.2, 0.25) is 0 Å². The molecule has 4 fully saturated rings. The summed E-state index contributed by atoms with van der Waals surface area (Å²) in [5.41, 5.74) is 4.34. The third-order valence-corrected chi connectivity index (χ3v) is 14.7. The van der Waals surface area contributed by atoms with Crippen molar-refractivity contribution in [2.45, 2.75) is 142 Å². The van der Waals surface area contributed by atoms with Crippen LogP contribution in [0.3, 0.4) is 0 Å². The highest BCUT2D eigenvalue weighted by Gasteiger charge is 2.48. The van der Waals surface area contributed by atoms with E-state index in [0.717, 1.165) is 63.3 Å². The highest BCUT2D eigenvalue weighted by molar-refractivity contribution is 5.21. The van der Waals surface area contributed by atoms with Gasteiger partial charge in [-0.05, 0) is 168 Å². The number of alkyl halides is 3. The van der Waals surface area contributed by atoms with E-state index in [0.29, 0.717) is 48.0 Å². The lowest BCUT2D eigenvalue weighted by Gasteiger charge is -2.44. The van der Waals surface area contributed by atoms with Gasteiger partial charge in [0.25, 0.3) is 0 Å². The number of hydrogen-bond acceptors (Lipinski definition) is 2. The lowest BCUT2D eigenvalue weighted by Crippen LogP contribution is -2.45. The van der Waals surface area contributed by atoms with Crippen molar-refractivity contribution in [3.8, 4) is 0 Å². The Morgan fingerprint density at radius 1 is 0.804 bits per heavy atom. The van der Waals surface area contributed by atoms with Crippen LogP contribution in [-0.2, 0) is 0 Å². The molecule has 1 aliphatic heterocycles. The van der Waals surface area contributed by atoms with Crippen LogP contribution in [0.15, 0.2) is 36.0 Å². The number of aliphatic hydroxyl groups excluding tert-OH is 1. The van der Waals surface area contributed by atoms with E-state index >= 15 is 0 Å². The van der Waals surface area contributed by atoms with Gasteiger partial charge in [-0.1, -0.05) is 63.1 Å². The molecule has 2 bridgehead atoms. The summed E-state index contributed by atoms with van der Waals surface area (Å²) >= 11 is 0. The molecule has 0 aromatic rings. The zero-order valence-corrected chi connectivity index (χ0v) is 29.2. The standard InChI is InChI=1S/C41H64F3NO/c1-24-6-9-31(14-26(24)3)35-18-30(19-37(22-35)41(42,43)44)20-39(46)33-10-7-25(2)38(23-33)40-36-17-29(12-13-45-40)8-11-32(21-36)34-15-27(4)28(5)16-34/h17,25-26,28-35,37-40,45-46H,1,4,6-16,18-23H2,2-3,5H3. The van der Waals surface area contributed by atoms with E-state index in [4.69, 9.17) is 0 Å². The van der Waals surface area contributed by atoms with Gasteiger partial charge in [0, 0.05) is 6.04 Å². The van der Waals surface area contributed by atoms with E-state index in [1.54, 1.807) is 5.57 Å². The fraction of sp³-hybridized carbons (Fsp3) is 0.854. The Bertz CT molecular complexity index is 1110. The van der Waals surface area contributed by atoms with Crippen LogP contribution < -0.4 is 5.32 Å². The van der Waals surface area contributed by atoms with Crippen molar-refractivity contribution in [1.29, 1.82) is 0 Å². The van der Waals surface area contributed by atoms with Crippen molar-refractivity contribution in [3.05, 3.63) is 36.0 Å². The smallest absolute Gasteiger partial charge is 0.391 e. The predicted octanol–water partition coefficient (Wildman–Crippen LogP) is 10.7. The maximum atomic E-state index is 14.2. The van der Waals surface area contributed by atoms with Gasteiger partial charge in [0.15, 0.2) is 0 Å². The second-order valence-corrected chi connectivity index (χ2v) is 17.7. The van der Waals surface area contributed by atoms with Gasteiger partial charge >= 0.3 is 6.18 Å². The molecule has 6 rings (SSSR count). The van der Waals surface area contributed by atoms with Crippen molar-refractivity contribution in [3.63, 3.8) is 0 Å². The molecule has 46 heavy (non-hydrogen) atoms. The van der Waals surface area contributed by atoms with Crippen LogP contribution >= 0.6 is 0 Å². The van der Waals surface area contributed by atoms with E-state index in [1.807, 2.05) is 0 Å². The monoisotopic (exact) mass is 643 g/mol. The summed E-state index contributed by atoms with van der Waals surface area (Å²) in [6.45, 7) is 16.6. The van der Waals surface area contributed by atoms with Gasteiger partial charge in [-0.2, -0.15) is 13.2 Å². The molecule has 14 atom stereocenters. The second kappa shape index (κ2) is 14.4. The highest BCUT2D eigenvalue weighted by Crippen LogP contribution is 2.51. The number of halogens is 3. The average molecular weight is 644 g/mol. The molecule has 1 heterocycles. The van der Waals surface area contributed by atoms with Gasteiger partial charge in [-0.15, -0.1) is 0 Å². The average Bonchev–Trinajstić information content (AvgIpc) is 3.16. The summed E-state index contributed by atoms with van der Waals surface area (Å²) in [7, 11) is 0. The molecular formula is C41H64F3NO. The summed E-state index contributed by atoms with van der Waals surface area (Å²) in [5, 5.41) is 15.8. The minimum absolute atomic E-state index is 0.0377. The molecule has 0 spiro atoms. The van der Waals surface area contributed by atoms with Crippen LogP contribution in [-0.4, -0.2) is 30.0 Å². The van der Waals surface area contributed by atoms with Crippen molar-refractivity contribution < 1.29 is 18.3 Å². The molecule has 2 nitrogen and oxygen atoms in total. The number of hydrogen-bond donors (Lipinski definition) is 2. The first kappa shape index (κ1) is 34.8. The Morgan fingerprint density at radius 2 is 1.57 bits per heavy atom. The molecule has 2 N–H and O–H groups in total. The molecular weight excluding hydrogens is 579 g/mol. The topological polar surface area (TPSA) is 32.3 Å². The number of allylic oxidation sites excluding steroid dienone is 3. The Hall–Kier alpha value is -1.07. The first-order valence-corrected chi connectivity index (χ1v) is 19.4. The number of aliphatic hydroxyl groups is 1. The molecule has 5 aliphatic carbocycles. The van der Waals surface area contributed by atoms with Crippen LogP contribution in [0, 0.1) is 71.0 Å². The predicted molar refractivity (Wildman–Crippen MR) is 183 cm³/mol. The van der Waals surface area contributed by atoms with Gasteiger partial charge < -0.3 is 10.4 Å². The maximum Gasteiger partial charge on any atom is 0.391 e. The lowest BCUT2D eigenvalue weighted by atomic mass is 9.63. The van der Waals surface area contributed by atoms with E-state index in [1.165, 1.54) is 49.7 Å². The van der Waals surface area contributed by atoms with Gasteiger partial charge in [-0.25, -0.2) is 0 Å². The number of fused-ring (bicyclic) bond motifs is 1. The zero-order valence-electron chi connectivity index (χ0n) is 29.2. The van der Waals surface area contributed by atoms with E-state index in [9.17, 15) is 18.3 Å². The quantitative estimate of drug-likeness (QED) is 0.282. The minimum atomic E-state index is -4.14. The molecule has 260 valence electrons. The summed E-state index contributed by atoms with van der Waals surface area (Å²) in [6.07, 6.45) is 13.4. The van der Waals surface area contributed by atoms with Crippen LogP contribution in [0.5, 0.6) is 0 Å². The molecule has 0 radical (unpaired) electrons. The van der Waals surface area contributed by atoms with Crippen molar-refractivity contribution in [2.75, 3.05) is 6.54 Å². The second-order valence-electron chi connectivity index (χ2n) is 17.7. The normalized spacial score (nSPS) is 45.1. The number of rotatable bonds is 6. The SMILES string of the molecule is C=C1CCC(C2CC(CC(O)C3CCC(C)C(C4NCCC5C=C4CC(C4CC(=C)C(C)C4)CC5)C3)CC(C(F)(F)F)C2)CC1C. The minimum Gasteiger partial charge on any atom is -0.393 e. The van der Waals surface area contributed by atoms with E-state index in [-0.39, 0.29) is 30.6 Å². The fourth-order valence-electron chi connectivity index (χ4n) is 11.6. The summed E-state index contributed by atoms with van der Waals surface area (Å²) < 4.78 is 42.7. The van der Waals surface area contributed by atoms with Crippen LogP contribution in [0.4, 0.5) is 13.2 Å². The first-order chi connectivity index (χ1) is 21.9. The zero-order chi connectivity index (χ0) is 32.7. The molecule has 5 heteroatoms. The Morgan fingerprint density at radius 3 is 2.28 bits per heavy atom. The number of nitrogens with one attached hydrogen (secondary N) is 1. The Balaban J connectivity index is 1.12. The van der Waals surface area contributed by atoms with Crippen LogP contribution in [0.25, 0.3) is 0 Å². The summed E-state index contributed by atoms with van der Waals surface area (Å²) in [6, 6.07) is 0.370. The van der Waals surface area contributed by atoms with Gasteiger partial charge in [0.1, 0.15) is 0 Å². The molecule has 14 unspecified atom stereocenters. The summed E-state index contributed by atoms with van der Waals surface area (Å²) in [5.74, 6) is 3.70. The van der Waals surface area contributed by atoms with Gasteiger partial charge in [0.05, 0.1) is 12.0 Å². The third-order valence-electron chi connectivity index (χ3n) is 14.7. The van der Waals surface area contributed by atoms with Crippen molar-refractivity contribution in [1.82, 2.24) is 5.32 Å². The molecule has 0 aromatic heterocycles. The Kier molecular flexibility index (Phi) is 10.9.